The molecule has 0 aliphatic rings. The number of halogens is 2. The summed E-state index contributed by atoms with van der Waals surface area (Å²) in [6, 6.07) is 0. The van der Waals surface area contributed by atoms with Gasteiger partial charge in [0.2, 0.25) is 0 Å². The van der Waals surface area contributed by atoms with E-state index in [4.69, 9.17) is 0 Å². The second-order valence-electron chi connectivity index (χ2n) is 2.78. The summed E-state index contributed by atoms with van der Waals surface area (Å²) < 4.78 is 13.1. The number of carbonyl (C=O) groups is 1. The Morgan fingerprint density at radius 3 is 2.88 bits per heavy atom. The molecular formula is C8H3BrFN3O3. The van der Waals surface area contributed by atoms with E-state index in [-0.39, 0.29) is 5.65 Å². The van der Waals surface area contributed by atoms with Crippen LogP contribution in [0.3, 0.4) is 0 Å². The third-order valence-electron chi connectivity index (χ3n) is 1.85. The lowest BCUT2D eigenvalue weighted by molar-refractivity contribution is -0.0790. The molecule has 0 fully saturated rings. The highest BCUT2D eigenvalue weighted by atomic mass is 79.9. The Labute approximate surface area is 95.7 Å². The van der Waals surface area contributed by atoms with Gasteiger partial charge in [-0.3, -0.25) is 9.20 Å². The highest BCUT2D eigenvalue weighted by molar-refractivity contribution is 9.10. The van der Waals surface area contributed by atoms with Crippen molar-refractivity contribution in [3.63, 3.8) is 0 Å². The molecule has 0 N–H and O–H groups in total. The minimum absolute atomic E-state index is 0.239. The quantitative estimate of drug-likeness (QED) is 0.779. The third kappa shape index (κ3) is 1.67. The Morgan fingerprint density at radius 1 is 1.44 bits per heavy atom. The van der Waals surface area contributed by atoms with Crippen LogP contribution in [0.4, 0.5) is 4.53 Å². The van der Waals surface area contributed by atoms with Gasteiger partial charge in [0.25, 0.3) is 5.56 Å². The number of hydrogen-bond donors (Lipinski definition) is 0. The zero-order valence-electron chi connectivity index (χ0n) is 7.55. The number of fused-ring (bicyclic) bond motifs is 1. The molecular weight excluding hydrogens is 285 g/mol. The third-order valence-corrected chi connectivity index (χ3v) is 2.26. The summed E-state index contributed by atoms with van der Waals surface area (Å²) in [5, 5.41) is 0. The van der Waals surface area contributed by atoms with Crippen molar-refractivity contribution in [2.24, 2.45) is 0 Å². The van der Waals surface area contributed by atoms with Crippen LogP contribution in [-0.4, -0.2) is 20.3 Å². The highest BCUT2D eigenvalue weighted by Gasteiger charge is 2.15. The number of carbonyl (C=O) groups excluding carboxylic acids is 1. The predicted molar refractivity (Wildman–Crippen MR) is 53.5 cm³/mol. The zero-order valence-corrected chi connectivity index (χ0v) is 9.14. The SMILES string of the molecule is O=C(OF)c1cnc2cnc(Br)cn2c1=O. The largest absolute Gasteiger partial charge is 0.386 e. The van der Waals surface area contributed by atoms with Gasteiger partial charge >= 0.3 is 5.97 Å². The van der Waals surface area contributed by atoms with Crippen LogP contribution in [0.2, 0.25) is 0 Å². The van der Waals surface area contributed by atoms with Crippen molar-refractivity contribution in [1.82, 2.24) is 14.4 Å². The minimum atomic E-state index is -1.38. The van der Waals surface area contributed by atoms with E-state index in [1.54, 1.807) is 0 Å². The van der Waals surface area contributed by atoms with E-state index in [0.29, 0.717) is 4.60 Å². The molecule has 0 saturated carbocycles. The molecule has 0 aliphatic carbocycles. The van der Waals surface area contributed by atoms with E-state index >= 15 is 0 Å². The van der Waals surface area contributed by atoms with Gasteiger partial charge in [0.1, 0.15) is 10.2 Å². The fourth-order valence-electron chi connectivity index (χ4n) is 1.14. The maximum Gasteiger partial charge on any atom is 0.386 e. The molecule has 0 aliphatic heterocycles. The first-order chi connectivity index (χ1) is 7.63. The Morgan fingerprint density at radius 2 is 2.19 bits per heavy atom. The van der Waals surface area contributed by atoms with Gasteiger partial charge in [0.05, 0.1) is 6.20 Å². The topological polar surface area (TPSA) is 73.6 Å². The molecule has 16 heavy (non-hydrogen) atoms. The van der Waals surface area contributed by atoms with Crippen LogP contribution in [-0.2, 0) is 4.94 Å². The number of aromatic nitrogens is 3. The number of hydrogen-bond acceptors (Lipinski definition) is 5. The number of rotatable bonds is 1. The first-order valence-electron chi connectivity index (χ1n) is 3.99. The molecule has 6 nitrogen and oxygen atoms in total. The second-order valence-corrected chi connectivity index (χ2v) is 3.59. The smallest absolute Gasteiger partial charge is 0.268 e. The lowest BCUT2D eigenvalue weighted by atomic mass is 10.3. The van der Waals surface area contributed by atoms with Crippen LogP contribution < -0.4 is 5.56 Å². The summed E-state index contributed by atoms with van der Waals surface area (Å²) in [6.45, 7) is 0. The fourth-order valence-corrected chi connectivity index (χ4v) is 1.45. The first-order valence-corrected chi connectivity index (χ1v) is 4.78. The maximum absolute atomic E-state index is 11.7. The summed E-state index contributed by atoms with van der Waals surface area (Å²) in [4.78, 5) is 33.2. The van der Waals surface area contributed by atoms with Crippen LogP contribution in [0.25, 0.3) is 5.65 Å². The molecule has 0 atom stereocenters. The van der Waals surface area contributed by atoms with E-state index in [9.17, 15) is 14.1 Å². The molecule has 0 bridgehead atoms. The first kappa shape index (κ1) is 10.7. The van der Waals surface area contributed by atoms with E-state index < -0.39 is 17.1 Å². The molecule has 2 aromatic heterocycles. The normalized spacial score (nSPS) is 10.4. The van der Waals surface area contributed by atoms with Crippen LogP contribution in [0.5, 0.6) is 0 Å². The van der Waals surface area contributed by atoms with Gasteiger partial charge in [-0.1, -0.05) is 0 Å². The van der Waals surface area contributed by atoms with E-state index in [2.05, 4.69) is 30.8 Å². The lowest BCUT2D eigenvalue weighted by Gasteiger charge is -2.00. The average Bonchev–Trinajstić information content (AvgIpc) is 2.29. The van der Waals surface area contributed by atoms with Crippen molar-refractivity contribution in [3.8, 4) is 0 Å². The molecule has 0 spiro atoms. The number of nitrogens with zero attached hydrogens (tertiary/aromatic N) is 3. The zero-order chi connectivity index (χ0) is 11.7. The Balaban J connectivity index is 2.78. The van der Waals surface area contributed by atoms with Crippen molar-refractivity contribution in [2.45, 2.75) is 0 Å². The van der Waals surface area contributed by atoms with Gasteiger partial charge in [-0.05, 0) is 15.9 Å². The molecule has 8 heteroatoms. The van der Waals surface area contributed by atoms with Gasteiger partial charge in [-0.2, -0.15) is 0 Å². The Hall–Kier alpha value is -1.83. The Kier molecular flexibility index (Phi) is 2.65. The van der Waals surface area contributed by atoms with Crippen molar-refractivity contribution >= 4 is 27.5 Å². The van der Waals surface area contributed by atoms with Gasteiger partial charge in [-0.25, -0.2) is 19.7 Å². The lowest BCUT2D eigenvalue weighted by Crippen LogP contribution is -2.23. The molecule has 0 amide bonds. The predicted octanol–water partition coefficient (Wildman–Crippen LogP) is 0.893. The molecule has 0 aromatic carbocycles. The summed E-state index contributed by atoms with van der Waals surface area (Å²) >= 11 is 3.06. The molecule has 2 rings (SSSR count). The van der Waals surface area contributed by atoms with Crippen LogP contribution in [0.15, 0.2) is 28.0 Å². The van der Waals surface area contributed by atoms with Crippen molar-refractivity contribution in [3.05, 3.63) is 39.1 Å². The maximum atomic E-state index is 11.7. The molecule has 2 heterocycles. The van der Waals surface area contributed by atoms with Gasteiger partial charge in [0.15, 0.2) is 5.65 Å². The summed E-state index contributed by atoms with van der Waals surface area (Å²) in [6.07, 6.45) is 3.59. The van der Waals surface area contributed by atoms with Gasteiger partial charge < -0.3 is 0 Å². The molecule has 0 radical (unpaired) electrons. The molecule has 2 aromatic rings. The standard InChI is InChI=1S/C8H3BrFN3O3/c9-5-3-13-6(2-11-5)12-1-4(7(13)14)8(15)16-10/h1-3H. The van der Waals surface area contributed by atoms with Crippen LogP contribution >= 0.6 is 15.9 Å². The molecule has 82 valence electrons. The van der Waals surface area contributed by atoms with Crippen LogP contribution in [0, 0.1) is 0 Å². The van der Waals surface area contributed by atoms with Crippen molar-refractivity contribution in [1.29, 1.82) is 0 Å². The summed E-state index contributed by atoms with van der Waals surface area (Å²) in [7, 11) is 0. The summed E-state index contributed by atoms with van der Waals surface area (Å²) in [5.74, 6) is -1.38. The van der Waals surface area contributed by atoms with E-state index in [0.717, 1.165) is 10.6 Å². The van der Waals surface area contributed by atoms with Crippen LogP contribution in [0.1, 0.15) is 10.4 Å². The molecule has 0 unspecified atom stereocenters. The van der Waals surface area contributed by atoms with E-state index in [1.807, 2.05) is 0 Å². The Bertz CT molecular complexity index is 627. The second kappa shape index (κ2) is 3.97. The van der Waals surface area contributed by atoms with E-state index in [1.165, 1.54) is 12.4 Å². The van der Waals surface area contributed by atoms with Gasteiger partial charge in [-0.15, -0.1) is 0 Å². The average molecular weight is 288 g/mol. The van der Waals surface area contributed by atoms with Crippen molar-refractivity contribution < 1.29 is 14.3 Å². The van der Waals surface area contributed by atoms with Crippen molar-refractivity contribution in [2.75, 3.05) is 0 Å². The summed E-state index contributed by atoms with van der Waals surface area (Å²) in [5.41, 5.74) is -0.975. The highest BCUT2D eigenvalue weighted by Crippen LogP contribution is 2.05. The van der Waals surface area contributed by atoms with Gasteiger partial charge in [0, 0.05) is 16.9 Å². The monoisotopic (exact) mass is 287 g/mol. The minimum Gasteiger partial charge on any atom is -0.268 e. The fraction of sp³-hybridized carbons (Fsp3) is 0. The molecule has 0 saturated heterocycles.